The number of hydrogen-bond donors (Lipinski definition) is 1. The van der Waals surface area contributed by atoms with Gasteiger partial charge in [-0.25, -0.2) is 4.79 Å². The van der Waals surface area contributed by atoms with Gasteiger partial charge in [0, 0.05) is 18.5 Å². The van der Waals surface area contributed by atoms with Gasteiger partial charge >= 0.3 is 12.3 Å². The number of nitrogens with zero attached hydrogens (tertiary/aromatic N) is 1. The van der Waals surface area contributed by atoms with Gasteiger partial charge in [0.25, 0.3) is 0 Å². The van der Waals surface area contributed by atoms with Crippen LogP contribution >= 0.6 is 0 Å². The van der Waals surface area contributed by atoms with Gasteiger partial charge in [-0.3, -0.25) is 4.79 Å². The summed E-state index contributed by atoms with van der Waals surface area (Å²) in [6.07, 6.45) is -5.92. The Bertz CT molecular complexity index is 686. The molecule has 0 saturated carbocycles. The van der Waals surface area contributed by atoms with E-state index in [4.69, 9.17) is 4.74 Å². The fraction of sp³-hybridized carbons (Fsp3) is 0.600. The standard InChI is InChI=1S/C20H27F3N2O3/c1-13-15(14-8-6-5-7-9-14)12-16(24-18(27)28-19(2,3)4)17(26)25(13)11-10-20(21,22)23/h5-9,13,15-16H,10-12H2,1-4H3,(H,24,27)/t13-,15-,16+/m1/s1. The van der Waals surface area contributed by atoms with Gasteiger partial charge in [-0.05, 0) is 39.7 Å². The van der Waals surface area contributed by atoms with Crippen LogP contribution in [0, 0.1) is 0 Å². The Hall–Kier alpha value is -2.25. The summed E-state index contributed by atoms with van der Waals surface area (Å²) in [4.78, 5) is 26.2. The fourth-order valence-electron chi connectivity index (χ4n) is 3.42. The van der Waals surface area contributed by atoms with Gasteiger partial charge in [0.1, 0.15) is 11.6 Å². The minimum absolute atomic E-state index is 0.202. The van der Waals surface area contributed by atoms with Crippen LogP contribution in [0.5, 0.6) is 0 Å². The smallest absolute Gasteiger partial charge is 0.408 e. The third-order valence-electron chi connectivity index (χ3n) is 4.70. The summed E-state index contributed by atoms with van der Waals surface area (Å²) in [7, 11) is 0. The number of likely N-dealkylation sites (tertiary alicyclic amines) is 1. The predicted octanol–water partition coefficient (Wildman–Crippen LogP) is 4.24. The highest BCUT2D eigenvalue weighted by Crippen LogP contribution is 2.34. The maximum absolute atomic E-state index is 12.8. The van der Waals surface area contributed by atoms with Crippen molar-refractivity contribution in [1.29, 1.82) is 0 Å². The van der Waals surface area contributed by atoms with Gasteiger partial charge in [0.2, 0.25) is 5.91 Å². The third kappa shape index (κ3) is 6.14. The van der Waals surface area contributed by atoms with Crippen molar-refractivity contribution in [3.63, 3.8) is 0 Å². The maximum atomic E-state index is 12.8. The van der Waals surface area contributed by atoms with Crippen molar-refractivity contribution in [1.82, 2.24) is 10.2 Å². The first-order chi connectivity index (χ1) is 12.9. The number of rotatable bonds is 4. The van der Waals surface area contributed by atoms with Crippen molar-refractivity contribution in [2.75, 3.05) is 6.54 Å². The monoisotopic (exact) mass is 400 g/mol. The van der Waals surface area contributed by atoms with Gasteiger partial charge in [0.15, 0.2) is 0 Å². The van der Waals surface area contributed by atoms with E-state index in [-0.39, 0.29) is 5.92 Å². The minimum atomic E-state index is -4.37. The first-order valence-electron chi connectivity index (χ1n) is 9.29. The zero-order valence-electron chi connectivity index (χ0n) is 16.5. The second-order valence-corrected chi connectivity index (χ2v) is 8.09. The van der Waals surface area contributed by atoms with E-state index in [0.29, 0.717) is 6.42 Å². The van der Waals surface area contributed by atoms with E-state index in [2.05, 4.69) is 5.32 Å². The summed E-state index contributed by atoms with van der Waals surface area (Å²) < 4.78 is 43.5. The molecular formula is C20H27F3N2O3. The number of carbonyl (C=O) groups excluding carboxylic acids is 2. The Balaban J connectivity index is 2.24. The van der Waals surface area contributed by atoms with E-state index in [9.17, 15) is 22.8 Å². The van der Waals surface area contributed by atoms with E-state index in [0.717, 1.165) is 5.56 Å². The van der Waals surface area contributed by atoms with Crippen LogP contribution in [0.1, 0.15) is 52.0 Å². The van der Waals surface area contributed by atoms with Crippen LogP contribution in [0.25, 0.3) is 0 Å². The van der Waals surface area contributed by atoms with Gasteiger partial charge in [0.05, 0.1) is 6.42 Å². The lowest BCUT2D eigenvalue weighted by Crippen LogP contribution is -2.58. The van der Waals surface area contributed by atoms with Gasteiger partial charge in [-0.1, -0.05) is 30.3 Å². The van der Waals surface area contributed by atoms with E-state index >= 15 is 0 Å². The topological polar surface area (TPSA) is 58.6 Å². The highest BCUT2D eigenvalue weighted by molar-refractivity contribution is 5.87. The average molecular weight is 400 g/mol. The molecule has 1 aromatic rings. The molecule has 8 heteroatoms. The number of carbonyl (C=O) groups is 2. The average Bonchev–Trinajstić information content (AvgIpc) is 2.55. The molecule has 0 unspecified atom stereocenters. The Morgan fingerprint density at radius 3 is 2.36 bits per heavy atom. The first-order valence-corrected chi connectivity index (χ1v) is 9.29. The fourth-order valence-corrected chi connectivity index (χ4v) is 3.42. The van der Waals surface area contributed by atoms with E-state index in [1.165, 1.54) is 4.90 Å². The molecular weight excluding hydrogens is 373 g/mol. The lowest BCUT2D eigenvalue weighted by Gasteiger charge is -2.43. The Morgan fingerprint density at radius 1 is 1.21 bits per heavy atom. The van der Waals surface area contributed by atoms with Crippen molar-refractivity contribution in [2.45, 2.75) is 70.3 Å². The van der Waals surface area contributed by atoms with Crippen molar-refractivity contribution < 1.29 is 27.5 Å². The van der Waals surface area contributed by atoms with Crippen LogP contribution in [0.3, 0.4) is 0 Å². The molecule has 2 rings (SSSR count). The molecule has 0 spiro atoms. The molecule has 1 N–H and O–H groups in total. The second kappa shape index (κ2) is 8.41. The van der Waals surface area contributed by atoms with Crippen LogP contribution in [0.4, 0.5) is 18.0 Å². The van der Waals surface area contributed by atoms with Crippen LogP contribution in [0.2, 0.25) is 0 Å². The van der Waals surface area contributed by atoms with Crippen LogP contribution in [-0.2, 0) is 9.53 Å². The highest BCUT2D eigenvalue weighted by Gasteiger charge is 2.42. The van der Waals surface area contributed by atoms with Crippen molar-refractivity contribution >= 4 is 12.0 Å². The van der Waals surface area contributed by atoms with E-state index in [1.807, 2.05) is 30.3 Å². The molecule has 3 atom stereocenters. The highest BCUT2D eigenvalue weighted by atomic mass is 19.4. The molecule has 0 bridgehead atoms. The summed E-state index contributed by atoms with van der Waals surface area (Å²) in [6.45, 7) is 6.38. The number of piperidine rings is 1. The lowest BCUT2D eigenvalue weighted by molar-refractivity contribution is -0.152. The normalized spacial score (nSPS) is 23.5. The molecule has 0 radical (unpaired) electrons. The van der Waals surface area contributed by atoms with Crippen LogP contribution < -0.4 is 5.32 Å². The maximum Gasteiger partial charge on any atom is 0.408 e. The molecule has 28 heavy (non-hydrogen) atoms. The molecule has 1 aliphatic rings. The van der Waals surface area contributed by atoms with Crippen molar-refractivity contribution in [2.24, 2.45) is 0 Å². The molecule has 2 amide bonds. The largest absolute Gasteiger partial charge is 0.444 e. The van der Waals surface area contributed by atoms with Crippen molar-refractivity contribution in [3.8, 4) is 0 Å². The van der Waals surface area contributed by atoms with Gasteiger partial charge in [-0.2, -0.15) is 13.2 Å². The summed E-state index contributed by atoms with van der Waals surface area (Å²) >= 11 is 0. The van der Waals surface area contributed by atoms with E-state index in [1.54, 1.807) is 27.7 Å². The molecule has 1 aliphatic heterocycles. The predicted molar refractivity (Wildman–Crippen MR) is 98.8 cm³/mol. The quantitative estimate of drug-likeness (QED) is 0.823. The molecule has 5 nitrogen and oxygen atoms in total. The van der Waals surface area contributed by atoms with Crippen LogP contribution in [0.15, 0.2) is 30.3 Å². The summed E-state index contributed by atoms with van der Waals surface area (Å²) in [5.74, 6) is -0.720. The Morgan fingerprint density at radius 2 is 1.82 bits per heavy atom. The number of hydrogen-bond acceptors (Lipinski definition) is 3. The molecule has 1 aromatic carbocycles. The molecule has 0 aromatic heterocycles. The zero-order chi connectivity index (χ0) is 21.1. The number of alkyl halides is 3. The molecule has 1 heterocycles. The first kappa shape index (κ1) is 22.0. The third-order valence-corrected chi connectivity index (χ3v) is 4.70. The van der Waals surface area contributed by atoms with Crippen molar-refractivity contribution in [3.05, 3.63) is 35.9 Å². The lowest BCUT2D eigenvalue weighted by atomic mass is 9.81. The molecule has 1 fully saturated rings. The number of alkyl carbamates (subject to hydrolysis) is 1. The summed E-state index contributed by atoms with van der Waals surface area (Å²) in [6, 6.07) is 7.93. The molecule has 1 saturated heterocycles. The number of benzene rings is 1. The van der Waals surface area contributed by atoms with E-state index < -0.39 is 48.8 Å². The number of nitrogens with one attached hydrogen (secondary N) is 1. The Labute approximate surface area is 163 Å². The number of halogens is 3. The van der Waals surface area contributed by atoms with Crippen LogP contribution in [-0.4, -0.2) is 47.3 Å². The molecule has 156 valence electrons. The summed E-state index contributed by atoms with van der Waals surface area (Å²) in [5.41, 5.74) is 0.166. The van der Waals surface area contributed by atoms with Gasteiger partial charge in [-0.15, -0.1) is 0 Å². The minimum Gasteiger partial charge on any atom is -0.444 e. The second-order valence-electron chi connectivity index (χ2n) is 8.09. The number of amides is 2. The van der Waals surface area contributed by atoms with Gasteiger partial charge < -0.3 is 15.0 Å². The SMILES string of the molecule is C[C@@H]1[C@H](c2ccccc2)C[C@H](NC(=O)OC(C)(C)C)C(=O)N1CCC(F)(F)F. The number of ether oxygens (including phenoxy) is 1. The summed E-state index contributed by atoms with van der Waals surface area (Å²) in [5, 5.41) is 2.54. The zero-order valence-corrected chi connectivity index (χ0v) is 16.5. The molecule has 0 aliphatic carbocycles. The Kier molecular flexibility index (Phi) is 6.62.